The van der Waals surface area contributed by atoms with Crippen molar-refractivity contribution in [1.29, 1.82) is 0 Å². The van der Waals surface area contributed by atoms with Crippen LogP contribution < -0.4 is 0 Å². The number of nitrogens with zero attached hydrogens (tertiary/aromatic N) is 3. The van der Waals surface area contributed by atoms with Crippen LogP contribution >= 0.6 is 11.6 Å². The zero-order valence-corrected chi connectivity index (χ0v) is 16.2. The summed E-state index contributed by atoms with van der Waals surface area (Å²) in [5, 5.41) is 0.791. The maximum absolute atomic E-state index is 6.22. The first-order valence-electron chi connectivity index (χ1n) is 9.08. The molecule has 2 aliphatic heterocycles. The van der Waals surface area contributed by atoms with E-state index in [0.717, 1.165) is 48.5 Å². The van der Waals surface area contributed by atoms with Gasteiger partial charge >= 0.3 is 0 Å². The Morgan fingerprint density at radius 2 is 2.31 bits per heavy atom. The van der Waals surface area contributed by atoms with Crippen LogP contribution in [0, 0.1) is 6.92 Å². The molecule has 1 aromatic carbocycles. The lowest BCUT2D eigenvalue weighted by Crippen LogP contribution is -2.22. The summed E-state index contributed by atoms with van der Waals surface area (Å²) in [6.45, 7) is 4.29. The topological polar surface area (TPSA) is 46.4 Å². The number of benzene rings is 1. The predicted octanol–water partition coefficient (Wildman–Crippen LogP) is 4.16. The molecule has 140 valence electrons. The summed E-state index contributed by atoms with van der Waals surface area (Å²) in [6.07, 6.45) is 8.45. The molecule has 5 nitrogen and oxygen atoms in total. The van der Waals surface area contributed by atoms with Crippen LogP contribution in [-0.4, -0.2) is 50.5 Å². The molecule has 1 aromatic rings. The number of ether oxygens (including phenoxy) is 2. The molecule has 3 rings (SSSR count). The summed E-state index contributed by atoms with van der Waals surface area (Å²) >= 11 is 6.22. The molecule has 1 fully saturated rings. The average molecular weight is 376 g/mol. The molecule has 2 heterocycles. The van der Waals surface area contributed by atoms with Gasteiger partial charge in [0.25, 0.3) is 0 Å². The molecule has 0 saturated carbocycles. The summed E-state index contributed by atoms with van der Waals surface area (Å²) in [4.78, 5) is 10.4. The van der Waals surface area contributed by atoms with E-state index in [1.165, 1.54) is 5.70 Å². The van der Waals surface area contributed by atoms with E-state index >= 15 is 0 Å². The van der Waals surface area contributed by atoms with Crippen molar-refractivity contribution >= 4 is 24.2 Å². The van der Waals surface area contributed by atoms with E-state index in [-0.39, 0.29) is 12.4 Å². The van der Waals surface area contributed by atoms with Crippen LogP contribution in [0.25, 0.3) is 0 Å². The molecule has 0 N–H and O–H groups in total. The van der Waals surface area contributed by atoms with Gasteiger partial charge in [0, 0.05) is 36.9 Å². The Hall–Kier alpha value is -1.69. The van der Waals surface area contributed by atoms with Crippen LogP contribution in [0.15, 0.2) is 40.0 Å². The largest absolute Gasteiger partial charge is 0.353 e. The molecule has 2 atom stereocenters. The monoisotopic (exact) mass is 375 g/mol. The molecule has 2 unspecified atom stereocenters. The second-order valence-corrected chi connectivity index (χ2v) is 6.99. The Bertz CT molecular complexity index is 702. The minimum absolute atomic E-state index is 0.0756. The fourth-order valence-corrected chi connectivity index (χ4v) is 3.33. The molecule has 26 heavy (non-hydrogen) atoms. The van der Waals surface area contributed by atoms with Gasteiger partial charge in [-0.3, -0.25) is 9.98 Å². The first kappa shape index (κ1) is 19.1. The Morgan fingerprint density at radius 1 is 1.42 bits per heavy atom. The molecule has 0 bridgehead atoms. The van der Waals surface area contributed by atoms with Crippen LogP contribution in [0.5, 0.6) is 0 Å². The Balaban J connectivity index is 1.40. The lowest BCUT2D eigenvalue weighted by atomic mass is 10.1. The van der Waals surface area contributed by atoms with E-state index in [9.17, 15) is 0 Å². The van der Waals surface area contributed by atoms with E-state index in [0.29, 0.717) is 6.61 Å². The number of aryl methyl sites for hydroxylation is 1. The SMILES string of the molecule is CN=C/C=C1\CN=CN1CCCOC1CCC(c2ccc(C)c(Cl)c2)O1. The minimum Gasteiger partial charge on any atom is -0.353 e. The van der Waals surface area contributed by atoms with Crippen molar-refractivity contribution in [3.8, 4) is 0 Å². The third-order valence-electron chi connectivity index (χ3n) is 4.65. The molecule has 0 spiro atoms. The molecule has 0 aliphatic carbocycles. The van der Waals surface area contributed by atoms with Crippen molar-refractivity contribution in [3.63, 3.8) is 0 Å². The van der Waals surface area contributed by atoms with Crippen LogP contribution in [0.2, 0.25) is 5.02 Å². The lowest BCUT2D eigenvalue weighted by molar-refractivity contribution is -0.135. The van der Waals surface area contributed by atoms with Crippen molar-refractivity contribution in [2.45, 2.75) is 38.6 Å². The maximum atomic E-state index is 6.22. The molecular weight excluding hydrogens is 350 g/mol. The molecular formula is C20H26ClN3O2. The van der Waals surface area contributed by atoms with E-state index in [1.807, 2.05) is 31.5 Å². The van der Waals surface area contributed by atoms with Crippen molar-refractivity contribution in [2.24, 2.45) is 9.98 Å². The third kappa shape index (κ3) is 4.93. The van der Waals surface area contributed by atoms with Gasteiger partial charge in [-0.1, -0.05) is 23.7 Å². The second-order valence-electron chi connectivity index (χ2n) is 6.58. The normalized spacial score (nSPS) is 24.4. The number of halogens is 1. The summed E-state index contributed by atoms with van der Waals surface area (Å²) < 4.78 is 12.0. The van der Waals surface area contributed by atoms with E-state index in [2.05, 4.69) is 21.0 Å². The average Bonchev–Trinajstić information content (AvgIpc) is 3.28. The quantitative estimate of drug-likeness (QED) is 0.531. The highest BCUT2D eigenvalue weighted by molar-refractivity contribution is 6.31. The zero-order chi connectivity index (χ0) is 18.4. The van der Waals surface area contributed by atoms with E-state index < -0.39 is 0 Å². The number of rotatable bonds is 7. The predicted molar refractivity (Wildman–Crippen MR) is 106 cm³/mol. The highest BCUT2D eigenvalue weighted by Gasteiger charge is 2.27. The van der Waals surface area contributed by atoms with E-state index in [1.54, 1.807) is 13.3 Å². The first-order valence-corrected chi connectivity index (χ1v) is 9.46. The highest BCUT2D eigenvalue weighted by Crippen LogP contribution is 2.34. The van der Waals surface area contributed by atoms with Crippen LogP contribution in [0.3, 0.4) is 0 Å². The van der Waals surface area contributed by atoms with Gasteiger partial charge in [-0.05, 0) is 43.0 Å². The van der Waals surface area contributed by atoms with Gasteiger partial charge < -0.3 is 14.4 Å². The van der Waals surface area contributed by atoms with Gasteiger partial charge in [-0.15, -0.1) is 0 Å². The molecule has 2 aliphatic rings. The van der Waals surface area contributed by atoms with Crippen LogP contribution in [-0.2, 0) is 9.47 Å². The van der Waals surface area contributed by atoms with Gasteiger partial charge in [0.1, 0.15) is 0 Å². The Labute approximate surface area is 160 Å². The van der Waals surface area contributed by atoms with Crippen molar-refractivity contribution in [1.82, 2.24) is 4.90 Å². The Kier molecular flexibility index (Phi) is 6.83. The van der Waals surface area contributed by atoms with Gasteiger partial charge in [0.15, 0.2) is 6.29 Å². The Morgan fingerprint density at radius 3 is 3.12 bits per heavy atom. The second kappa shape index (κ2) is 9.31. The number of aliphatic imine (C=N–C) groups is 2. The summed E-state index contributed by atoms with van der Waals surface area (Å²) in [6, 6.07) is 6.14. The summed E-state index contributed by atoms with van der Waals surface area (Å²) in [5.74, 6) is 0. The molecule has 1 saturated heterocycles. The lowest BCUT2D eigenvalue weighted by Gasteiger charge is -2.18. The van der Waals surface area contributed by atoms with E-state index in [4.69, 9.17) is 21.1 Å². The summed E-state index contributed by atoms with van der Waals surface area (Å²) in [5.41, 5.74) is 3.39. The molecule has 0 aromatic heterocycles. The van der Waals surface area contributed by atoms with Crippen LogP contribution in [0.1, 0.15) is 36.5 Å². The fraction of sp³-hybridized carbons (Fsp3) is 0.500. The minimum atomic E-state index is -0.130. The number of hydrogen-bond donors (Lipinski definition) is 0. The van der Waals surface area contributed by atoms with Gasteiger partial charge in [-0.2, -0.15) is 0 Å². The highest BCUT2D eigenvalue weighted by atomic mass is 35.5. The zero-order valence-electron chi connectivity index (χ0n) is 15.4. The maximum Gasteiger partial charge on any atom is 0.158 e. The van der Waals surface area contributed by atoms with Gasteiger partial charge in [-0.25, -0.2) is 0 Å². The number of allylic oxidation sites excluding steroid dienone is 1. The van der Waals surface area contributed by atoms with Crippen molar-refractivity contribution in [2.75, 3.05) is 26.7 Å². The smallest absolute Gasteiger partial charge is 0.158 e. The van der Waals surface area contributed by atoms with Crippen LogP contribution in [0.4, 0.5) is 0 Å². The van der Waals surface area contributed by atoms with Crippen molar-refractivity contribution in [3.05, 3.63) is 46.1 Å². The third-order valence-corrected chi connectivity index (χ3v) is 5.06. The standard InChI is InChI=1S/C20H26ClN3O2/c1-15-4-5-16(12-18(15)21)19-6-7-20(26-19)25-11-3-10-24-14-23-13-17(24)8-9-22-2/h4-5,8-9,12,14,19-20H,3,6-7,10-11,13H2,1-2H3/b17-8+,22-9?. The molecule has 0 radical (unpaired) electrons. The fourth-order valence-electron chi connectivity index (χ4n) is 3.14. The first-order chi connectivity index (χ1) is 12.7. The summed E-state index contributed by atoms with van der Waals surface area (Å²) in [7, 11) is 1.77. The number of hydrogen-bond acceptors (Lipinski definition) is 5. The molecule has 0 amide bonds. The van der Waals surface area contributed by atoms with Crippen molar-refractivity contribution < 1.29 is 9.47 Å². The molecule has 6 heteroatoms. The van der Waals surface area contributed by atoms with Gasteiger partial charge in [0.05, 0.1) is 25.6 Å². The van der Waals surface area contributed by atoms with Gasteiger partial charge in [0.2, 0.25) is 0 Å².